The number of rotatable bonds is 6. The molecule has 1 aromatic heterocycles. The number of hydrogen-bond donors (Lipinski definition) is 1. The highest BCUT2D eigenvalue weighted by Gasteiger charge is 2.25. The summed E-state index contributed by atoms with van der Waals surface area (Å²) in [6.45, 7) is 4.43. The summed E-state index contributed by atoms with van der Waals surface area (Å²) >= 11 is 1.34. The molecule has 0 unspecified atom stereocenters. The van der Waals surface area contributed by atoms with Crippen LogP contribution in [0.2, 0.25) is 0 Å². The topological polar surface area (TPSA) is 59.4 Å². The summed E-state index contributed by atoms with van der Waals surface area (Å²) in [6, 6.07) is 5.85. The minimum Gasteiger partial charge on any atom is -0.494 e. The van der Waals surface area contributed by atoms with E-state index in [2.05, 4.69) is 4.98 Å². The van der Waals surface area contributed by atoms with Gasteiger partial charge in [0.2, 0.25) is 0 Å². The molecule has 4 nitrogen and oxygen atoms in total. The Morgan fingerprint density at radius 3 is 2.62 bits per heavy atom. The third-order valence-corrected chi connectivity index (χ3v) is 4.32. The van der Waals surface area contributed by atoms with E-state index in [1.165, 1.54) is 23.5 Å². The zero-order valence-electron chi connectivity index (χ0n) is 11.8. The summed E-state index contributed by atoms with van der Waals surface area (Å²) in [4.78, 5) is 15.0. The van der Waals surface area contributed by atoms with Crippen LogP contribution in [0.1, 0.15) is 35.8 Å². The largest absolute Gasteiger partial charge is 0.494 e. The van der Waals surface area contributed by atoms with Gasteiger partial charge in [0.15, 0.2) is 5.69 Å². The van der Waals surface area contributed by atoms with Crippen LogP contribution in [0.5, 0.6) is 5.75 Å². The van der Waals surface area contributed by atoms with E-state index in [0.717, 1.165) is 5.01 Å². The Hall–Kier alpha value is -1.95. The van der Waals surface area contributed by atoms with Crippen LogP contribution < -0.4 is 4.74 Å². The Bertz CT molecular complexity index is 622. The summed E-state index contributed by atoms with van der Waals surface area (Å²) < 4.78 is 18.3. The Morgan fingerprint density at radius 1 is 1.38 bits per heavy atom. The number of halogens is 1. The van der Waals surface area contributed by atoms with Gasteiger partial charge in [-0.1, -0.05) is 13.8 Å². The number of nitrogens with zero attached hydrogens (tertiary/aromatic N) is 1. The van der Waals surface area contributed by atoms with Crippen molar-refractivity contribution in [1.82, 2.24) is 4.98 Å². The van der Waals surface area contributed by atoms with Crippen molar-refractivity contribution >= 4 is 17.3 Å². The van der Waals surface area contributed by atoms with Crippen molar-refractivity contribution in [3.63, 3.8) is 0 Å². The number of aromatic carboxylic acids is 1. The molecule has 0 radical (unpaired) electrons. The van der Waals surface area contributed by atoms with Gasteiger partial charge in [-0.05, 0) is 30.7 Å². The number of thiazole rings is 1. The van der Waals surface area contributed by atoms with E-state index in [9.17, 15) is 9.18 Å². The molecule has 0 saturated carbocycles. The van der Waals surface area contributed by atoms with Crippen LogP contribution in [0.25, 0.3) is 0 Å². The molecule has 0 saturated heterocycles. The Morgan fingerprint density at radius 2 is 2.05 bits per heavy atom. The molecule has 0 amide bonds. The molecule has 0 bridgehead atoms. The first kappa shape index (κ1) is 15.4. The molecule has 2 rings (SSSR count). The maximum absolute atomic E-state index is 12.8. The number of aromatic nitrogens is 1. The molecule has 0 atom stereocenters. The van der Waals surface area contributed by atoms with Crippen molar-refractivity contribution in [2.75, 3.05) is 6.61 Å². The van der Waals surface area contributed by atoms with E-state index in [0.29, 0.717) is 18.8 Å². The first-order valence-electron chi connectivity index (χ1n) is 6.46. The van der Waals surface area contributed by atoms with Gasteiger partial charge in [0.1, 0.15) is 11.6 Å². The molecular formula is C15H16FNO3S. The third-order valence-electron chi connectivity index (χ3n) is 3.11. The van der Waals surface area contributed by atoms with E-state index in [-0.39, 0.29) is 16.9 Å². The molecule has 1 heterocycles. The quantitative estimate of drug-likeness (QED) is 0.883. The number of carboxylic acid groups (broad SMARTS) is 1. The van der Waals surface area contributed by atoms with Gasteiger partial charge in [0, 0.05) is 10.8 Å². The Kier molecular flexibility index (Phi) is 4.57. The molecule has 1 aromatic carbocycles. The lowest BCUT2D eigenvalue weighted by molar-refractivity contribution is 0.0691. The van der Waals surface area contributed by atoms with Crippen molar-refractivity contribution < 1.29 is 19.0 Å². The minimum atomic E-state index is -1.02. The molecule has 1 N–H and O–H groups in total. The van der Waals surface area contributed by atoms with Crippen LogP contribution in [-0.4, -0.2) is 22.7 Å². The molecule has 0 aliphatic rings. The number of benzene rings is 1. The van der Waals surface area contributed by atoms with Crippen molar-refractivity contribution in [3.05, 3.63) is 46.2 Å². The van der Waals surface area contributed by atoms with Crippen LogP contribution in [0.4, 0.5) is 4.39 Å². The predicted octanol–water partition coefficient (Wildman–Crippen LogP) is 3.73. The zero-order valence-corrected chi connectivity index (χ0v) is 12.6. The average Bonchev–Trinajstić information content (AvgIpc) is 2.91. The van der Waals surface area contributed by atoms with Crippen molar-refractivity contribution in [3.8, 4) is 5.75 Å². The van der Waals surface area contributed by atoms with Gasteiger partial charge in [-0.25, -0.2) is 14.2 Å². The third kappa shape index (κ3) is 4.01. The second kappa shape index (κ2) is 6.22. The normalized spacial score (nSPS) is 11.4. The second-order valence-electron chi connectivity index (χ2n) is 5.28. The zero-order chi connectivity index (χ0) is 15.5. The predicted molar refractivity (Wildman–Crippen MR) is 78.6 cm³/mol. The van der Waals surface area contributed by atoms with Crippen molar-refractivity contribution in [2.45, 2.75) is 25.7 Å². The minimum absolute atomic E-state index is 0.0718. The number of hydrogen-bond acceptors (Lipinski definition) is 4. The van der Waals surface area contributed by atoms with E-state index < -0.39 is 5.97 Å². The molecule has 6 heteroatoms. The Balaban J connectivity index is 1.94. The van der Waals surface area contributed by atoms with Gasteiger partial charge in [0.05, 0.1) is 11.6 Å². The molecule has 2 aromatic rings. The smallest absolute Gasteiger partial charge is 0.355 e. The highest BCUT2D eigenvalue weighted by Crippen LogP contribution is 2.30. The summed E-state index contributed by atoms with van der Waals surface area (Å²) in [5.74, 6) is -0.708. The summed E-state index contributed by atoms with van der Waals surface area (Å²) in [5, 5.41) is 11.2. The van der Waals surface area contributed by atoms with Crippen LogP contribution in [-0.2, 0) is 5.41 Å². The number of ether oxygens (including phenoxy) is 1. The highest BCUT2D eigenvalue weighted by molar-refractivity contribution is 7.10. The second-order valence-corrected chi connectivity index (χ2v) is 6.14. The van der Waals surface area contributed by atoms with Crippen LogP contribution in [0.3, 0.4) is 0 Å². The lowest BCUT2D eigenvalue weighted by atomic mass is 9.90. The van der Waals surface area contributed by atoms with Crippen LogP contribution in [0, 0.1) is 5.82 Å². The highest BCUT2D eigenvalue weighted by atomic mass is 32.1. The van der Waals surface area contributed by atoms with E-state index in [4.69, 9.17) is 9.84 Å². The fourth-order valence-electron chi connectivity index (χ4n) is 1.74. The molecule has 0 aliphatic carbocycles. The summed E-state index contributed by atoms with van der Waals surface area (Å²) in [5.41, 5.74) is -0.208. The fourth-order valence-corrected chi connectivity index (χ4v) is 2.69. The molecule has 0 fully saturated rings. The standard InChI is InChI=1S/C15H16FNO3S/c1-15(2,14-17-12(9-21-14)13(18)19)7-8-20-11-5-3-10(16)4-6-11/h3-6,9H,7-8H2,1-2H3,(H,18,19). The first-order chi connectivity index (χ1) is 9.88. The summed E-state index contributed by atoms with van der Waals surface area (Å²) in [6.07, 6.45) is 0.678. The maximum atomic E-state index is 12.8. The maximum Gasteiger partial charge on any atom is 0.355 e. The van der Waals surface area contributed by atoms with Gasteiger partial charge in [-0.15, -0.1) is 11.3 Å². The van der Waals surface area contributed by atoms with Crippen molar-refractivity contribution in [1.29, 1.82) is 0 Å². The average molecular weight is 309 g/mol. The van der Waals surface area contributed by atoms with E-state index >= 15 is 0 Å². The van der Waals surface area contributed by atoms with Gasteiger partial charge in [-0.2, -0.15) is 0 Å². The van der Waals surface area contributed by atoms with Gasteiger partial charge >= 0.3 is 5.97 Å². The summed E-state index contributed by atoms with van der Waals surface area (Å²) in [7, 11) is 0. The molecule has 0 aliphatic heterocycles. The molecule has 21 heavy (non-hydrogen) atoms. The Labute approximate surface area is 126 Å². The molecule has 112 valence electrons. The van der Waals surface area contributed by atoms with Gasteiger partial charge in [0.25, 0.3) is 0 Å². The SMILES string of the molecule is CC(C)(CCOc1ccc(F)cc1)c1nc(C(=O)O)cs1. The number of carbonyl (C=O) groups is 1. The van der Waals surface area contributed by atoms with Gasteiger partial charge < -0.3 is 9.84 Å². The lowest BCUT2D eigenvalue weighted by Crippen LogP contribution is -2.20. The van der Waals surface area contributed by atoms with E-state index in [1.807, 2.05) is 13.8 Å². The first-order valence-corrected chi connectivity index (χ1v) is 7.34. The lowest BCUT2D eigenvalue weighted by Gasteiger charge is -2.21. The number of carboxylic acids is 1. The van der Waals surface area contributed by atoms with Crippen LogP contribution in [0.15, 0.2) is 29.6 Å². The van der Waals surface area contributed by atoms with Gasteiger partial charge in [-0.3, -0.25) is 0 Å². The van der Waals surface area contributed by atoms with Crippen molar-refractivity contribution in [2.24, 2.45) is 0 Å². The molecular weight excluding hydrogens is 293 g/mol. The fraction of sp³-hybridized carbons (Fsp3) is 0.333. The monoisotopic (exact) mass is 309 g/mol. The molecule has 0 spiro atoms. The van der Waals surface area contributed by atoms with E-state index in [1.54, 1.807) is 17.5 Å². The van der Waals surface area contributed by atoms with Crippen LogP contribution >= 0.6 is 11.3 Å².